The third-order valence-electron chi connectivity index (χ3n) is 5.81. The van der Waals surface area contributed by atoms with Crippen molar-refractivity contribution >= 4 is 22.6 Å². The van der Waals surface area contributed by atoms with Gasteiger partial charge in [0, 0.05) is 11.3 Å². The molecule has 34 heavy (non-hydrogen) atoms. The predicted molar refractivity (Wildman–Crippen MR) is 120 cm³/mol. The van der Waals surface area contributed by atoms with Crippen LogP contribution in [0.1, 0.15) is 46.7 Å². The SMILES string of the molecule is CCCOc1ccc(C2c3c(C)nn(CC(F)(F)F)c3C(=O)N2c2ccc3nc[nH]c3c2)cc1. The van der Waals surface area contributed by atoms with Crippen LogP contribution in [-0.2, 0) is 6.54 Å². The maximum Gasteiger partial charge on any atom is 0.408 e. The molecule has 0 aliphatic carbocycles. The predicted octanol–water partition coefficient (Wildman–Crippen LogP) is 5.17. The van der Waals surface area contributed by atoms with Crippen molar-refractivity contribution in [3.63, 3.8) is 0 Å². The van der Waals surface area contributed by atoms with Crippen LogP contribution in [0.5, 0.6) is 5.75 Å². The normalized spacial score (nSPS) is 15.9. The summed E-state index contributed by atoms with van der Waals surface area (Å²) in [5.74, 6) is 0.153. The number of imidazole rings is 1. The van der Waals surface area contributed by atoms with E-state index in [1.807, 2.05) is 19.1 Å². The van der Waals surface area contributed by atoms with Gasteiger partial charge >= 0.3 is 6.18 Å². The van der Waals surface area contributed by atoms with E-state index >= 15 is 0 Å². The summed E-state index contributed by atoms with van der Waals surface area (Å²) in [5, 5.41) is 4.08. The Labute approximate surface area is 193 Å². The van der Waals surface area contributed by atoms with Gasteiger partial charge in [-0.1, -0.05) is 19.1 Å². The van der Waals surface area contributed by atoms with Crippen LogP contribution in [0.2, 0.25) is 0 Å². The molecule has 0 saturated carbocycles. The van der Waals surface area contributed by atoms with Gasteiger partial charge < -0.3 is 9.72 Å². The van der Waals surface area contributed by atoms with E-state index in [0.717, 1.165) is 27.7 Å². The molecule has 0 radical (unpaired) electrons. The minimum absolute atomic E-state index is 0.0455. The first kappa shape index (κ1) is 22.0. The van der Waals surface area contributed by atoms with Gasteiger partial charge in [0.15, 0.2) is 0 Å². The van der Waals surface area contributed by atoms with Crippen molar-refractivity contribution in [1.82, 2.24) is 19.7 Å². The lowest BCUT2D eigenvalue weighted by Gasteiger charge is -2.26. The minimum Gasteiger partial charge on any atom is -0.494 e. The summed E-state index contributed by atoms with van der Waals surface area (Å²) in [6, 6.07) is 11.9. The summed E-state index contributed by atoms with van der Waals surface area (Å²) >= 11 is 0. The Hall–Kier alpha value is -3.82. The molecule has 176 valence electrons. The van der Waals surface area contributed by atoms with Gasteiger partial charge in [0.2, 0.25) is 0 Å². The monoisotopic (exact) mass is 469 g/mol. The van der Waals surface area contributed by atoms with Crippen molar-refractivity contribution in [2.45, 2.75) is 39.0 Å². The van der Waals surface area contributed by atoms with Crippen LogP contribution < -0.4 is 9.64 Å². The fourth-order valence-electron chi connectivity index (χ4n) is 4.41. The summed E-state index contributed by atoms with van der Waals surface area (Å²) in [5.41, 5.74) is 3.55. The van der Waals surface area contributed by atoms with Gasteiger partial charge in [-0.05, 0) is 49.2 Å². The number of carbonyl (C=O) groups excluding carboxylic acids is 1. The molecule has 0 spiro atoms. The van der Waals surface area contributed by atoms with E-state index in [4.69, 9.17) is 4.74 Å². The zero-order valence-electron chi connectivity index (χ0n) is 18.6. The van der Waals surface area contributed by atoms with Crippen molar-refractivity contribution < 1.29 is 22.7 Å². The Morgan fingerprint density at radius 2 is 1.91 bits per heavy atom. The number of halogens is 3. The number of aromatic amines is 1. The highest BCUT2D eigenvalue weighted by Gasteiger charge is 2.45. The molecule has 4 aromatic rings. The molecule has 1 amide bonds. The summed E-state index contributed by atoms with van der Waals surface area (Å²) in [6.07, 6.45) is -2.10. The van der Waals surface area contributed by atoms with Crippen LogP contribution in [0.15, 0.2) is 48.8 Å². The smallest absolute Gasteiger partial charge is 0.408 e. The van der Waals surface area contributed by atoms with Crippen LogP contribution in [0.25, 0.3) is 11.0 Å². The largest absolute Gasteiger partial charge is 0.494 e. The lowest BCUT2D eigenvalue weighted by molar-refractivity contribution is -0.142. The average molecular weight is 469 g/mol. The Kier molecular flexibility index (Phi) is 5.30. The molecule has 1 aliphatic heterocycles. The highest BCUT2D eigenvalue weighted by atomic mass is 19.4. The molecule has 1 aliphatic rings. The first-order valence-electron chi connectivity index (χ1n) is 10.9. The van der Waals surface area contributed by atoms with E-state index in [1.165, 1.54) is 4.90 Å². The van der Waals surface area contributed by atoms with Crippen molar-refractivity contribution in [3.05, 3.63) is 71.3 Å². The molecule has 0 fully saturated rings. The highest BCUT2D eigenvalue weighted by molar-refractivity contribution is 6.11. The maximum atomic E-state index is 13.6. The number of benzene rings is 2. The number of nitrogens with zero attached hydrogens (tertiary/aromatic N) is 4. The molecular weight excluding hydrogens is 447 g/mol. The average Bonchev–Trinajstić information content (AvgIpc) is 3.46. The maximum absolute atomic E-state index is 13.6. The standard InChI is InChI=1S/C24H22F3N5O2/c1-3-10-34-17-7-4-15(5-8-17)21-20-14(2)30-31(12-24(25,26)27)22(20)23(33)32(21)16-6-9-18-19(11-16)29-13-28-18/h4-9,11,13,21H,3,10,12H2,1-2H3,(H,28,29). The van der Waals surface area contributed by atoms with Gasteiger partial charge in [-0.2, -0.15) is 18.3 Å². The first-order chi connectivity index (χ1) is 16.3. The third-order valence-corrected chi connectivity index (χ3v) is 5.81. The Bertz CT molecular complexity index is 1360. The van der Waals surface area contributed by atoms with Crippen LogP contribution in [0.3, 0.4) is 0 Å². The number of anilines is 1. The molecule has 7 nitrogen and oxygen atoms in total. The first-order valence-corrected chi connectivity index (χ1v) is 10.9. The van der Waals surface area contributed by atoms with E-state index in [2.05, 4.69) is 15.1 Å². The second kappa shape index (κ2) is 8.19. The molecule has 1 unspecified atom stereocenters. The number of hydrogen-bond acceptors (Lipinski definition) is 4. The van der Waals surface area contributed by atoms with Gasteiger partial charge in [0.1, 0.15) is 18.0 Å². The number of fused-ring (bicyclic) bond motifs is 2. The number of nitrogens with one attached hydrogen (secondary N) is 1. The molecule has 0 bridgehead atoms. The Morgan fingerprint density at radius 3 is 2.62 bits per heavy atom. The molecule has 5 rings (SSSR count). The van der Waals surface area contributed by atoms with Gasteiger partial charge in [-0.25, -0.2) is 4.98 Å². The number of aryl methyl sites for hydroxylation is 1. The summed E-state index contributed by atoms with van der Waals surface area (Å²) in [6.45, 7) is 2.88. The highest BCUT2D eigenvalue weighted by Crippen LogP contribution is 2.44. The quantitative estimate of drug-likeness (QED) is 0.423. The molecular formula is C24H22F3N5O2. The van der Waals surface area contributed by atoms with Crippen molar-refractivity contribution in [2.75, 3.05) is 11.5 Å². The van der Waals surface area contributed by atoms with Crippen molar-refractivity contribution in [1.29, 1.82) is 0 Å². The summed E-state index contributed by atoms with van der Waals surface area (Å²) in [7, 11) is 0. The van der Waals surface area contributed by atoms with Gasteiger partial charge in [0.25, 0.3) is 5.91 Å². The number of hydrogen-bond donors (Lipinski definition) is 1. The van der Waals surface area contributed by atoms with E-state index < -0.39 is 24.7 Å². The van der Waals surface area contributed by atoms with Crippen LogP contribution in [0.4, 0.5) is 18.9 Å². The fraction of sp³-hybridized carbons (Fsp3) is 0.292. The van der Waals surface area contributed by atoms with E-state index in [0.29, 0.717) is 29.3 Å². The van der Waals surface area contributed by atoms with E-state index in [-0.39, 0.29) is 5.69 Å². The topological polar surface area (TPSA) is 76.0 Å². The number of aromatic nitrogens is 4. The molecule has 1 atom stereocenters. The van der Waals surface area contributed by atoms with Crippen LogP contribution in [-0.4, -0.2) is 38.4 Å². The third kappa shape index (κ3) is 3.78. The Morgan fingerprint density at radius 1 is 1.15 bits per heavy atom. The van der Waals surface area contributed by atoms with Crippen molar-refractivity contribution in [3.8, 4) is 5.75 Å². The fourth-order valence-corrected chi connectivity index (χ4v) is 4.41. The minimum atomic E-state index is -4.51. The number of H-pyrrole nitrogens is 1. The van der Waals surface area contributed by atoms with E-state index in [1.54, 1.807) is 43.6 Å². The number of alkyl halides is 3. The van der Waals surface area contributed by atoms with Gasteiger partial charge in [0.05, 0.1) is 35.7 Å². The summed E-state index contributed by atoms with van der Waals surface area (Å²) < 4.78 is 46.2. The number of ether oxygens (including phenoxy) is 1. The number of amides is 1. The second-order valence-electron chi connectivity index (χ2n) is 8.22. The lowest BCUT2D eigenvalue weighted by atomic mass is 9.98. The van der Waals surface area contributed by atoms with Crippen LogP contribution >= 0.6 is 0 Å². The van der Waals surface area contributed by atoms with Gasteiger partial charge in [-0.3, -0.25) is 14.4 Å². The number of carbonyl (C=O) groups is 1. The van der Waals surface area contributed by atoms with E-state index in [9.17, 15) is 18.0 Å². The Balaban J connectivity index is 1.64. The zero-order chi connectivity index (χ0) is 24.0. The molecule has 2 aromatic heterocycles. The van der Waals surface area contributed by atoms with Crippen LogP contribution in [0, 0.1) is 6.92 Å². The second-order valence-corrected chi connectivity index (χ2v) is 8.22. The number of rotatable bonds is 6. The molecule has 3 heterocycles. The lowest BCUT2D eigenvalue weighted by Crippen LogP contribution is -2.31. The molecule has 2 aromatic carbocycles. The van der Waals surface area contributed by atoms with Gasteiger partial charge in [-0.15, -0.1) is 0 Å². The molecule has 1 N–H and O–H groups in total. The zero-order valence-corrected chi connectivity index (χ0v) is 18.6. The van der Waals surface area contributed by atoms with Crippen molar-refractivity contribution in [2.24, 2.45) is 0 Å². The molecule has 0 saturated heterocycles. The molecule has 10 heteroatoms. The summed E-state index contributed by atoms with van der Waals surface area (Å²) in [4.78, 5) is 22.4.